The Bertz CT molecular complexity index is 1810. The van der Waals surface area contributed by atoms with E-state index < -0.39 is 11.8 Å². The molecule has 43 heavy (non-hydrogen) atoms. The lowest BCUT2D eigenvalue weighted by atomic mass is 10.1. The van der Waals surface area contributed by atoms with Gasteiger partial charge in [-0.15, -0.1) is 0 Å². The van der Waals surface area contributed by atoms with Gasteiger partial charge < -0.3 is 16.4 Å². The zero-order valence-electron chi connectivity index (χ0n) is 22.6. The maximum Gasteiger partial charge on any atom is 0.255 e. The Balaban J connectivity index is 1.27. The van der Waals surface area contributed by atoms with Gasteiger partial charge in [-0.05, 0) is 103 Å². The van der Waals surface area contributed by atoms with E-state index in [1.807, 2.05) is 0 Å². The Morgan fingerprint density at radius 1 is 0.512 bits per heavy atom. The Hall–Kier alpha value is -6.18. The molecule has 0 aliphatic heterocycles. The van der Waals surface area contributed by atoms with Gasteiger partial charge in [0.15, 0.2) is 0 Å². The summed E-state index contributed by atoms with van der Waals surface area (Å²) in [5.41, 5.74) is 10.3. The third-order valence-corrected chi connectivity index (χ3v) is 6.11. The third-order valence-electron chi connectivity index (χ3n) is 6.11. The molecule has 0 fully saturated rings. The van der Waals surface area contributed by atoms with E-state index in [0.717, 1.165) is 0 Å². The van der Waals surface area contributed by atoms with Gasteiger partial charge in [0.2, 0.25) is 0 Å². The predicted molar refractivity (Wildman–Crippen MR) is 164 cm³/mol. The summed E-state index contributed by atoms with van der Waals surface area (Å²) < 4.78 is 26.2. The molecule has 5 nitrogen and oxygen atoms in total. The summed E-state index contributed by atoms with van der Waals surface area (Å²) in [6.07, 6.45) is 0. The highest BCUT2D eigenvalue weighted by Crippen LogP contribution is 2.18. The van der Waals surface area contributed by atoms with Crippen molar-refractivity contribution in [3.63, 3.8) is 0 Å². The van der Waals surface area contributed by atoms with Crippen LogP contribution < -0.4 is 16.4 Å². The van der Waals surface area contributed by atoms with Gasteiger partial charge in [-0.25, -0.2) is 8.78 Å². The molecule has 0 spiro atoms. The molecule has 0 aliphatic rings. The highest BCUT2D eigenvalue weighted by Gasteiger charge is 2.13. The Morgan fingerprint density at radius 3 is 1.33 bits per heavy atom. The van der Waals surface area contributed by atoms with Gasteiger partial charge in [0.25, 0.3) is 11.8 Å². The number of amides is 2. The molecule has 4 N–H and O–H groups in total. The van der Waals surface area contributed by atoms with E-state index in [1.54, 1.807) is 72.8 Å². The summed E-state index contributed by atoms with van der Waals surface area (Å²) in [4.78, 5) is 26.1. The van der Waals surface area contributed by atoms with Crippen molar-refractivity contribution in [2.24, 2.45) is 0 Å². The Morgan fingerprint density at radius 2 is 0.907 bits per heavy atom. The van der Waals surface area contributed by atoms with Crippen LogP contribution in [0.4, 0.5) is 25.8 Å². The second-order valence-electron chi connectivity index (χ2n) is 9.43. The van der Waals surface area contributed by atoms with Crippen molar-refractivity contribution >= 4 is 28.9 Å². The number of anilines is 3. The number of rotatable bonds is 4. The molecular weight excluding hydrogens is 544 g/mol. The first-order valence-corrected chi connectivity index (χ1v) is 13.1. The lowest BCUT2D eigenvalue weighted by molar-refractivity contribution is 0.102. The number of nitrogen functional groups attached to an aromatic ring is 1. The fourth-order valence-electron chi connectivity index (χ4n) is 4.02. The minimum absolute atomic E-state index is 0.201. The third kappa shape index (κ3) is 7.94. The highest BCUT2D eigenvalue weighted by molar-refractivity contribution is 6.09. The lowest BCUT2D eigenvalue weighted by Crippen LogP contribution is -2.16. The van der Waals surface area contributed by atoms with Crippen LogP contribution in [0.15, 0.2) is 115 Å². The van der Waals surface area contributed by atoms with E-state index in [4.69, 9.17) is 5.73 Å². The number of hydrogen-bond acceptors (Lipinski definition) is 3. The average molecular weight is 568 g/mol. The minimum Gasteiger partial charge on any atom is -0.399 e. The smallest absolute Gasteiger partial charge is 0.255 e. The van der Waals surface area contributed by atoms with Gasteiger partial charge in [0, 0.05) is 50.4 Å². The topological polar surface area (TPSA) is 84.2 Å². The van der Waals surface area contributed by atoms with Crippen LogP contribution in [0.2, 0.25) is 0 Å². The maximum absolute atomic E-state index is 13.1. The zero-order valence-corrected chi connectivity index (χ0v) is 22.6. The molecular formula is C36H23F2N3O2. The Kier molecular flexibility index (Phi) is 8.57. The molecule has 0 saturated heterocycles. The van der Waals surface area contributed by atoms with Crippen molar-refractivity contribution < 1.29 is 18.4 Å². The predicted octanol–water partition coefficient (Wildman–Crippen LogP) is 6.85. The van der Waals surface area contributed by atoms with Crippen molar-refractivity contribution in [3.05, 3.63) is 160 Å². The van der Waals surface area contributed by atoms with Gasteiger partial charge >= 0.3 is 0 Å². The SMILES string of the molecule is Nc1cc(C(=O)Nc2cccc(C#Cc3ccc(F)cc3)c2)cc(C(=O)Nc2cccc(C#Cc3ccc(F)cc3)c2)c1. The molecule has 0 aromatic heterocycles. The van der Waals surface area contributed by atoms with Crippen LogP contribution in [0.1, 0.15) is 43.0 Å². The van der Waals surface area contributed by atoms with Crippen molar-refractivity contribution in [2.45, 2.75) is 0 Å². The number of nitrogens with two attached hydrogens (primary N) is 1. The first kappa shape index (κ1) is 28.4. The van der Waals surface area contributed by atoms with Crippen LogP contribution in [-0.4, -0.2) is 11.8 Å². The van der Waals surface area contributed by atoms with Gasteiger partial charge in [-0.1, -0.05) is 35.8 Å². The van der Waals surface area contributed by atoms with E-state index >= 15 is 0 Å². The zero-order chi connectivity index (χ0) is 30.2. The molecule has 5 aromatic rings. The van der Waals surface area contributed by atoms with Crippen molar-refractivity contribution in [1.82, 2.24) is 0 Å². The minimum atomic E-state index is -0.456. The van der Waals surface area contributed by atoms with E-state index in [1.165, 1.54) is 42.5 Å². The van der Waals surface area contributed by atoms with Crippen LogP contribution in [-0.2, 0) is 0 Å². The van der Waals surface area contributed by atoms with Crippen LogP contribution in [0, 0.1) is 35.3 Å². The molecule has 0 saturated carbocycles. The molecule has 0 radical (unpaired) electrons. The average Bonchev–Trinajstić information content (AvgIpc) is 3.00. The molecule has 2 amide bonds. The second kappa shape index (κ2) is 13.0. The number of carbonyl (C=O) groups is 2. The quantitative estimate of drug-likeness (QED) is 0.164. The monoisotopic (exact) mass is 567 g/mol. The van der Waals surface area contributed by atoms with Gasteiger partial charge in [-0.3, -0.25) is 9.59 Å². The first-order valence-electron chi connectivity index (χ1n) is 13.1. The summed E-state index contributed by atoms with van der Waals surface area (Å²) in [6.45, 7) is 0. The first-order chi connectivity index (χ1) is 20.8. The molecule has 0 unspecified atom stereocenters. The van der Waals surface area contributed by atoms with Crippen LogP contribution in [0.3, 0.4) is 0 Å². The molecule has 0 heterocycles. The lowest BCUT2D eigenvalue weighted by Gasteiger charge is -2.10. The number of halogens is 2. The molecule has 0 atom stereocenters. The summed E-state index contributed by atoms with van der Waals surface area (Å²) in [5.74, 6) is 10.3. The van der Waals surface area contributed by atoms with Gasteiger partial charge in [0.05, 0.1) is 0 Å². The van der Waals surface area contributed by atoms with Crippen LogP contribution in [0.25, 0.3) is 0 Å². The van der Waals surface area contributed by atoms with E-state index in [9.17, 15) is 18.4 Å². The molecule has 208 valence electrons. The highest BCUT2D eigenvalue weighted by atomic mass is 19.1. The largest absolute Gasteiger partial charge is 0.399 e. The molecule has 5 aromatic carbocycles. The summed E-state index contributed by atoms with van der Waals surface area (Å²) >= 11 is 0. The second-order valence-corrected chi connectivity index (χ2v) is 9.43. The van der Waals surface area contributed by atoms with Gasteiger partial charge in [-0.2, -0.15) is 0 Å². The van der Waals surface area contributed by atoms with Gasteiger partial charge in [0.1, 0.15) is 11.6 Å². The van der Waals surface area contributed by atoms with Crippen molar-refractivity contribution in [3.8, 4) is 23.7 Å². The normalized spacial score (nSPS) is 10.0. The maximum atomic E-state index is 13.1. The number of nitrogens with one attached hydrogen (secondary N) is 2. The Labute approximate surface area is 247 Å². The number of benzene rings is 5. The number of hydrogen-bond donors (Lipinski definition) is 3. The number of carbonyl (C=O) groups excluding carboxylic acids is 2. The summed E-state index contributed by atoms with van der Waals surface area (Å²) in [6, 6.07) is 30.0. The van der Waals surface area contributed by atoms with E-state index in [2.05, 4.69) is 34.3 Å². The fourth-order valence-corrected chi connectivity index (χ4v) is 4.02. The summed E-state index contributed by atoms with van der Waals surface area (Å²) in [7, 11) is 0. The standard InChI is InChI=1S/C36H23F2N3O2/c37-30-15-11-24(12-16-30)7-9-26-3-1-5-33(19-26)40-35(42)28-21-29(23-32(39)22-28)36(43)41-34-6-2-4-27(20-34)10-8-25-13-17-31(38)18-14-25/h1-6,11-23H,39H2,(H,40,42)(H,41,43). The molecule has 0 aliphatic carbocycles. The van der Waals surface area contributed by atoms with Crippen LogP contribution in [0.5, 0.6) is 0 Å². The van der Waals surface area contributed by atoms with E-state index in [-0.39, 0.29) is 28.4 Å². The molecule has 0 bridgehead atoms. The fraction of sp³-hybridized carbons (Fsp3) is 0. The molecule has 5 rings (SSSR count). The van der Waals surface area contributed by atoms with Crippen molar-refractivity contribution in [2.75, 3.05) is 16.4 Å². The van der Waals surface area contributed by atoms with E-state index in [0.29, 0.717) is 33.6 Å². The summed E-state index contributed by atoms with van der Waals surface area (Å²) in [5, 5.41) is 5.61. The molecule has 7 heteroatoms. The van der Waals surface area contributed by atoms with Crippen molar-refractivity contribution in [1.29, 1.82) is 0 Å². The van der Waals surface area contributed by atoms with Crippen LogP contribution >= 0.6 is 0 Å².